The molecular formula is C16H17IO. The molecule has 0 bridgehead atoms. The molecule has 1 fully saturated rings. The van der Waals surface area contributed by atoms with Gasteiger partial charge >= 0.3 is 0 Å². The van der Waals surface area contributed by atoms with E-state index in [1.54, 1.807) is 0 Å². The average molecular weight is 352 g/mol. The van der Waals surface area contributed by atoms with Crippen LogP contribution in [0, 0.1) is 3.57 Å². The Morgan fingerprint density at radius 2 is 1.61 bits per heavy atom. The molecule has 0 aliphatic heterocycles. The quantitative estimate of drug-likeness (QED) is 0.679. The van der Waals surface area contributed by atoms with Crippen molar-refractivity contribution >= 4 is 33.4 Å². The number of hydrogen-bond donors (Lipinski definition) is 0. The lowest BCUT2D eigenvalue weighted by Gasteiger charge is -2.23. The summed E-state index contributed by atoms with van der Waals surface area (Å²) in [6, 6.07) is 12.8. The number of rotatable bonds is 2. The van der Waals surface area contributed by atoms with Gasteiger partial charge < -0.3 is 4.74 Å². The van der Waals surface area contributed by atoms with Crippen LogP contribution >= 0.6 is 22.6 Å². The molecule has 2 aromatic carbocycles. The van der Waals surface area contributed by atoms with Crippen molar-refractivity contribution in [3.05, 3.63) is 40.0 Å². The van der Waals surface area contributed by atoms with Crippen molar-refractivity contribution in [2.24, 2.45) is 0 Å². The second kappa shape index (κ2) is 5.47. The predicted octanol–water partition coefficient (Wildman–Crippen LogP) is 5.16. The van der Waals surface area contributed by atoms with Crippen molar-refractivity contribution in [2.75, 3.05) is 0 Å². The van der Waals surface area contributed by atoms with E-state index in [0.29, 0.717) is 6.10 Å². The molecule has 0 unspecified atom stereocenters. The van der Waals surface area contributed by atoms with E-state index in [4.69, 9.17) is 4.74 Å². The Balaban J connectivity index is 1.93. The van der Waals surface area contributed by atoms with Gasteiger partial charge in [0.2, 0.25) is 0 Å². The zero-order valence-electron chi connectivity index (χ0n) is 10.4. The lowest BCUT2D eigenvalue weighted by atomic mass is 9.97. The van der Waals surface area contributed by atoms with Gasteiger partial charge in [-0.3, -0.25) is 0 Å². The van der Waals surface area contributed by atoms with E-state index >= 15 is 0 Å². The lowest BCUT2D eigenvalue weighted by molar-refractivity contribution is 0.157. The Bertz CT molecular complexity index is 544. The summed E-state index contributed by atoms with van der Waals surface area (Å²) in [5.41, 5.74) is 0. The molecule has 0 aromatic heterocycles. The van der Waals surface area contributed by atoms with Crippen LogP contribution in [0.25, 0.3) is 10.8 Å². The van der Waals surface area contributed by atoms with Crippen LogP contribution in [0.4, 0.5) is 0 Å². The molecule has 0 heterocycles. The summed E-state index contributed by atoms with van der Waals surface area (Å²) in [5.74, 6) is 1.05. The molecule has 1 aliphatic rings. The van der Waals surface area contributed by atoms with Crippen molar-refractivity contribution in [3.63, 3.8) is 0 Å². The lowest BCUT2D eigenvalue weighted by Crippen LogP contribution is -2.19. The molecular weight excluding hydrogens is 335 g/mol. The molecule has 1 saturated carbocycles. The van der Waals surface area contributed by atoms with Crippen molar-refractivity contribution in [3.8, 4) is 5.75 Å². The normalized spacial score (nSPS) is 16.9. The molecule has 0 N–H and O–H groups in total. The Morgan fingerprint density at radius 1 is 0.889 bits per heavy atom. The van der Waals surface area contributed by atoms with E-state index in [1.807, 2.05) is 0 Å². The maximum absolute atomic E-state index is 6.22. The third-order valence-electron chi connectivity index (χ3n) is 3.67. The van der Waals surface area contributed by atoms with Crippen molar-refractivity contribution < 1.29 is 4.74 Å². The van der Waals surface area contributed by atoms with Crippen LogP contribution in [0.15, 0.2) is 36.4 Å². The van der Waals surface area contributed by atoms with Gasteiger partial charge in [0.05, 0.1) is 6.10 Å². The van der Waals surface area contributed by atoms with Gasteiger partial charge in [-0.15, -0.1) is 0 Å². The molecule has 94 valence electrons. The first-order chi connectivity index (χ1) is 8.84. The number of fused-ring (bicyclic) bond motifs is 1. The van der Waals surface area contributed by atoms with Gasteiger partial charge in [0, 0.05) is 8.96 Å². The van der Waals surface area contributed by atoms with Gasteiger partial charge in [-0.1, -0.05) is 30.7 Å². The van der Waals surface area contributed by atoms with Gasteiger partial charge in [-0.05, 0) is 65.8 Å². The van der Waals surface area contributed by atoms with E-state index in [1.165, 1.54) is 46.4 Å². The smallest absolute Gasteiger partial charge is 0.127 e. The zero-order valence-corrected chi connectivity index (χ0v) is 12.5. The summed E-state index contributed by atoms with van der Waals surface area (Å²) >= 11 is 2.39. The Hall–Kier alpha value is -0.770. The number of ether oxygens (including phenoxy) is 1. The van der Waals surface area contributed by atoms with Crippen LogP contribution in [-0.2, 0) is 0 Å². The molecule has 2 heteroatoms. The van der Waals surface area contributed by atoms with Gasteiger partial charge in [-0.2, -0.15) is 0 Å². The fraction of sp³-hybridized carbons (Fsp3) is 0.375. The van der Waals surface area contributed by atoms with Crippen LogP contribution in [0.5, 0.6) is 5.75 Å². The third-order valence-corrected chi connectivity index (χ3v) is 4.62. The van der Waals surface area contributed by atoms with Gasteiger partial charge in [0.15, 0.2) is 0 Å². The summed E-state index contributed by atoms with van der Waals surface area (Å²) < 4.78 is 7.51. The minimum atomic E-state index is 0.419. The summed E-state index contributed by atoms with van der Waals surface area (Å²) in [6.45, 7) is 0. The Labute approximate surface area is 122 Å². The fourth-order valence-corrected chi connectivity index (χ4v) is 3.39. The number of hydrogen-bond acceptors (Lipinski definition) is 1. The fourth-order valence-electron chi connectivity index (χ4n) is 2.71. The first-order valence-corrected chi connectivity index (χ1v) is 7.76. The maximum atomic E-state index is 6.22. The summed E-state index contributed by atoms with van der Waals surface area (Å²) in [7, 11) is 0. The van der Waals surface area contributed by atoms with E-state index < -0.39 is 0 Å². The van der Waals surface area contributed by atoms with Crippen LogP contribution in [-0.4, -0.2) is 6.10 Å². The minimum absolute atomic E-state index is 0.419. The second-order valence-electron chi connectivity index (χ2n) is 4.97. The molecule has 1 aliphatic carbocycles. The highest BCUT2D eigenvalue weighted by molar-refractivity contribution is 14.1. The van der Waals surface area contributed by atoms with Crippen LogP contribution in [0.2, 0.25) is 0 Å². The van der Waals surface area contributed by atoms with Gasteiger partial charge in [-0.25, -0.2) is 0 Å². The number of halogens is 1. The molecule has 3 rings (SSSR count). The van der Waals surface area contributed by atoms with E-state index in [-0.39, 0.29) is 0 Å². The summed E-state index contributed by atoms with van der Waals surface area (Å²) in [4.78, 5) is 0. The molecule has 0 saturated heterocycles. The molecule has 1 nitrogen and oxygen atoms in total. The highest BCUT2D eigenvalue weighted by atomic mass is 127. The highest BCUT2D eigenvalue weighted by Crippen LogP contribution is 2.31. The van der Waals surface area contributed by atoms with Crippen molar-refractivity contribution in [2.45, 2.75) is 38.2 Å². The van der Waals surface area contributed by atoms with E-state index in [0.717, 1.165) is 5.75 Å². The van der Waals surface area contributed by atoms with E-state index in [2.05, 4.69) is 59.0 Å². The molecule has 0 spiro atoms. The van der Waals surface area contributed by atoms with Gasteiger partial charge in [0.25, 0.3) is 0 Å². The Kier molecular flexibility index (Phi) is 3.73. The predicted molar refractivity (Wildman–Crippen MR) is 84.2 cm³/mol. The number of benzene rings is 2. The highest BCUT2D eigenvalue weighted by Gasteiger charge is 2.16. The molecule has 18 heavy (non-hydrogen) atoms. The van der Waals surface area contributed by atoms with Crippen LogP contribution in [0.3, 0.4) is 0 Å². The summed E-state index contributed by atoms with van der Waals surface area (Å²) in [6.07, 6.45) is 6.83. The van der Waals surface area contributed by atoms with Crippen molar-refractivity contribution in [1.29, 1.82) is 0 Å². The Morgan fingerprint density at radius 3 is 2.44 bits per heavy atom. The monoisotopic (exact) mass is 352 g/mol. The standard InChI is InChI=1S/C16H17IO/c17-15-10-4-9-14-13(15)8-5-11-16(14)18-12-6-2-1-3-7-12/h4-5,8-12H,1-3,6-7H2. The minimum Gasteiger partial charge on any atom is -0.490 e. The van der Waals surface area contributed by atoms with Crippen molar-refractivity contribution in [1.82, 2.24) is 0 Å². The molecule has 2 aromatic rings. The van der Waals surface area contributed by atoms with E-state index in [9.17, 15) is 0 Å². The second-order valence-corrected chi connectivity index (χ2v) is 6.13. The molecule has 0 atom stereocenters. The van der Waals surface area contributed by atoms with Gasteiger partial charge in [0.1, 0.15) is 5.75 Å². The SMILES string of the molecule is Ic1cccc2c(OC3CCCCC3)cccc12. The summed E-state index contributed by atoms with van der Waals surface area (Å²) in [5, 5.41) is 2.54. The topological polar surface area (TPSA) is 9.23 Å². The zero-order chi connectivity index (χ0) is 12.4. The third kappa shape index (κ3) is 2.48. The van der Waals surface area contributed by atoms with Crippen LogP contribution in [0.1, 0.15) is 32.1 Å². The average Bonchev–Trinajstić information content (AvgIpc) is 2.41. The largest absolute Gasteiger partial charge is 0.490 e. The molecule has 0 amide bonds. The maximum Gasteiger partial charge on any atom is 0.127 e. The first kappa shape index (κ1) is 12.3. The van der Waals surface area contributed by atoms with Crippen LogP contribution < -0.4 is 4.74 Å². The first-order valence-electron chi connectivity index (χ1n) is 6.68. The molecule has 0 radical (unpaired) electrons.